The molecule has 162 valence electrons. The number of hydrogen-bond donors (Lipinski definition) is 1. The molecule has 1 amide bonds. The summed E-state index contributed by atoms with van der Waals surface area (Å²) in [6.45, 7) is 1.89. The molecular weight excluding hydrogens is 487 g/mol. The Kier molecular flexibility index (Phi) is 7.06. The quantitative estimate of drug-likeness (QED) is 0.290. The third-order valence-corrected chi connectivity index (χ3v) is 6.28. The molecule has 0 bridgehead atoms. The molecule has 0 saturated carbocycles. The average molecular weight is 504 g/mol. The fourth-order valence-corrected chi connectivity index (χ4v) is 4.29. The number of aromatic nitrogens is 3. The molecule has 3 aromatic carbocycles. The van der Waals surface area contributed by atoms with Crippen LogP contribution < -0.4 is 5.32 Å². The zero-order valence-corrected chi connectivity index (χ0v) is 19.9. The Morgan fingerprint density at radius 1 is 0.906 bits per heavy atom. The Morgan fingerprint density at radius 3 is 2.19 bits per heavy atom. The molecule has 1 aromatic heterocycles. The Bertz CT molecular complexity index is 1260. The number of anilines is 1. The minimum absolute atomic E-state index is 0.154. The van der Waals surface area contributed by atoms with E-state index in [0.29, 0.717) is 26.0 Å². The molecule has 1 N–H and O–H groups in total. The Labute approximate surface area is 204 Å². The number of nitrogens with zero attached hydrogens (tertiary/aromatic N) is 3. The maximum atomic E-state index is 12.6. The molecule has 0 fully saturated rings. The van der Waals surface area contributed by atoms with Gasteiger partial charge in [-0.3, -0.25) is 9.36 Å². The number of thioether (sulfide) groups is 1. The summed E-state index contributed by atoms with van der Waals surface area (Å²) in [7, 11) is 0. The van der Waals surface area contributed by atoms with Crippen molar-refractivity contribution < 1.29 is 4.79 Å². The maximum absolute atomic E-state index is 12.6. The molecule has 5 nitrogen and oxygen atoms in total. The van der Waals surface area contributed by atoms with Crippen molar-refractivity contribution in [3.8, 4) is 17.1 Å². The van der Waals surface area contributed by atoms with Crippen LogP contribution in [0.15, 0.2) is 71.9 Å². The van der Waals surface area contributed by atoms with Crippen molar-refractivity contribution in [3.63, 3.8) is 0 Å². The van der Waals surface area contributed by atoms with E-state index in [1.807, 2.05) is 35.8 Å². The number of halogens is 3. The number of amides is 1. The van der Waals surface area contributed by atoms with Crippen molar-refractivity contribution in [3.05, 3.63) is 87.4 Å². The zero-order valence-electron chi connectivity index (χ0n) is 16.8. The minimum Gasteiger partial charge on any atom is -0.325 e. The smallest absolute Gasteiger partial charge is 0.234 e. The van der Waals surface area contributed by atoms with Gasteiger partial charge in [0.05, 0.1) is 5.75 Å². The first-order valence-electron chi connectivity index (χ1n) is 9.57. The Balaban J connectivity index is 1.60. The fraction of sp³-hybridized carbons (Fsp3) is 0.0870. The Hall–Kier alpha value is -2.51. The molecule has 0 atom stereocenters. The monoisotopic (exact) mass is 502 g/mol. The molecule has 0 unspecified atom stereocenters. The van der Waals surface area contributed by atoms with E-state index in [0.717, 1.165) is 22.5 Å². The summed E-state index contributed by atoms with van der Waals surface area (Å²) < 4.78 is 1.89. The SMILES string of the molecule is Cc1cc(Cl)ccc1NC(=O)CSc1nnc(-c2ccc(Cl)cc2)n1-c1ccc(Cl)cc1. The van der Waals surface area contributed by atoms with Gasteiger partial charge in [0.25, 0.3) is 0 Å². The lowest BCUT2D eigenvalue weighted by Crippen LogP contribution is -2.15. The second kappa shape index (κ2) is 9.96. The van der Waals surface area contributed by atoms with E-state index in [9.17, 15) is 4.79 Å². The van der Waals surface area contributed by atoms with Crippen molar-refractivity contribution in [2.75, 3.05) is 11.1 Å². The number of hydrogen-bond acceptors (Lipinski definition) is 4. The van der Waals surface area contributed by atoms with Gasteiger partial charge in [-0.25, -0.2) is 0 Å². The molecule has 0 radical (unpaired) electrons. The van der Waals surface area contributed by atoms with Crippen molar-refractivity contribution in [2.24, 2.45) is 0 Å². The first-order valence-corrected chi connectivity index (χ1v) is 11.7. The largest absolute Gasteiger partial charge is 0.325 e. The van der Waals surface area contributed by atoms with E-state index >= 15 is 0 Å². The highest BCUT2D eigenvalue weighted by molar-refractivity contribution is 7.99. The van der Waals surface area contributed by atoms with Crippen LogP contribution in [0.3, 0.4) is 0 Å². The van der Waals surface area contributed by atoms with Gasteiger partial charge in [-0.1, -0.05) is 46.6 Å². The summed E-state index contributed by atoms with van der Waals surface area (Å²) in [6, 6.07) is 20.0. The summed E-state index contributed by atoms with van der Waals surface area (Å²) in [5, 5.41) is 14.1. The van der Waals surface area contributed by atoms with E-state index < -0.39 is 0 Å². The molecule has 1 heterocycles. The van der Waals surface area contributed by atoms with Crippen LogP contribution in [0.25, 0.3) is 17.1 Å². The summed E-state index contributed by atoms with van der Waals surface area (Å²) in [4.78, 5) is 12.6. The first kappa shape index (κ1) is 22.7. The van der Waals surface area contributed by atoms with Gasteiger partial charge >= 0.3 is 0 Å². The predicted molar refractivity (Wildman–Crippen MR) is 132 cm³/mol. The molecular formula is C23H17Cl3N4OS. The van der Waals surface area contributed by atoms with Crippen LogP contribution in [0.1, 0.15) is 5.56 Å². The molecule has 9 heteroatoms. The van der Waals surface area contributed by atoms with Gasteiger partial charge in [0.1, 0.15) is 0 Å². The molecule has 0 aliphatic carbocycles. The van der Waals surface area contributed by atoms with E-state index in [2.05, 4.69) is 15.5 Å². The zero-order chi connectivity index (χ0) is 22.7. The summed E-state index contributed by atoms with van der Waals surface area (Å²) in [6.07, 6.45) is 0. The van der Waals surface area contributed by atoms with Crippen molar-refractivity contribution in [2.45, 2.75) is 12.1 Å². The van der Waals surface area contributed by atoms with Crippen LogP contribution >= 0.6 is 46.6 Å². The Morgan fingerprint density at radius 2 is 1.53 bits per heavy atom. The third kappa shape index (κ3) is 5.27. The van der Waals surface area contributed by atoms with Gasteiger partial charge < -0.3 is 5.32 Å². The third-order valence-electron chi connectivity index (χ3n) is 4.62. The van der Waals surface area contributed by atoms with Gasteiger partial charge in [0.2, 0.25) is 5.91 Å². The van der Waals surface area contributed by atoms with Crippen molar-refractivity contribution in [1.82, 2.24) is 14.8 Å². The lowest BCUT2D eigenvalue weighted by molar-refractivity contribution is -0.113. The number of rotatable bonds is 6. The highest BCUT2D eigenvalue weighted by Gasteiger charge is 2.18. The fourth-order valence-electron chi connectivity index (χ4n) is 3.06. The van der Waals surface area contributed by atoms with Crippen molar-refractivity contribution in [1.29, 1.82) is 0 Å². The van der Waals surface area contributed by atoms with Crippen LogP contribution in [-0.4, -0.2) is 26.4 Å². The van der Waals surface area contributed by atoms with Crippen LogP contribution in [0.5, 0.6) is 0 Å². The minimum atomic E-state index is -0.154. The standard InChI is InChI=1S/C23H17Cl3N4OS/c1-14-12-18(26)8-11-20(14)27-21(31)13-32-23-29-28-22(15-2-4-16(24)5-3-15)30(23)19-9-6-17(25)7-10-19/h2-12H,13H2,1H3,(H,27,31). The molecule has 0 aliphatic heterocycles. The lowest BCUT2D eigenvalue weighted by Gasteiger charge is -2.11. The molecule has 0 aliphatic rings. The normalized spacial score (nSPS) is 10.9. The van der Waals surface area contributed by atoms with Gasteiger partial charge in [-0.15, -0.1) is 10.2 Å². The summed E-state index contributed by atoms with van der Waals surface area (Å²) >= 11 is 19.4. The van der Waals surface area contributed by atoms with Crippen LogP contribution in [-0.2, 0) is 4.79 Å². The van der Waals surface area contributed by atoms with Crippen LogP contribution in [0.4, 0.5) is 5.69 Å². The van der Waals surface area contributed by atoms with Crippen molar-refractivity contribution >= 4 is 58.2 Å². The number of carbonyl (C=O) groups excluding carboxylic acids is 1. The van der Waals surface area contributed by atoms with Crippen LogP contribution in [0.2, 0.25) is 15.1 Å². The highest BCUT2D eigenvalue weighted by Crippen LogP contribution is 2.29. The van der Waals surface area contributed by atoms with E-state index in [-0.39, 0.29) is 11.7 Å². The molecule has 4 aromatic rings. The molecule has 32 heavy (non-hydrogen) atoms. The van der Waals surface area contributed by atoms with E-state index in [1.54, 1.807) is 42.5 Å². The van der Waals surface area contributed by atoms with Gasteiger partial charge in [-0.2, -0.15) is 0 Å². The summed E-state index contributed by atoms with van der Waals surface area (Å²) in [5.74, 6) is 0.647. The highest BCUT2D eigenvalue weighted by atomic mass is 35.5. The van der Waals surface area contributed by atoms with Gasteiger partial charge in [-0.05, 0) is 79.2 Å². The van der Waals surface area contributed by atoms with E-state index in [4.69, 9.17) is 34.8 Å². The second-order valence-electron chi connectivity index (χ2n) is 6.92. The molecule has 0 spiro atoms. The number of nitrogens with one attached hydrogen (secondary N) is 1. The second-order valence-corrected chi connectivity index (χ2v) is 9.17. The topological polar surface area (TPSA) is 59.8 Å². The van der Waals surface area contributed by atoms with E-state index in [1.165, 1.54) is 11.8 Å². The molecule has 0 saturated heterocycles. The first-order chi connectivity index (χ1) is 15.4. The predicted octanol–water partition coefficient (Wildman–Crippen LogP) is 6.93. The van der Waals surface area contributed by atoms with Gasteiger partial charge in [0, 0.05) is 32.0 Å². The number of carbonyl (C=O) groups is 1. The summed E-state index contributed by atoms with van der Waals surface area (Å²) in [5.41, 5.74) is 3.30. The maximum Gasteiger partial charge on any atom is 0.234 e. The van der Waals surface area contributed by atoms with Gasteiger partial charge in [0.15, 0.2) is 11.0 Å². The average Bonchev–Trinajstić information content (AvgIpc) is 3.19. The van der Waals surface area contributed by atoms with Crippen LogP contribution in [0, 0.1) is 6.92 Å². The number of benzene rings is 3. The lowest BCUT2D eigenvalue weighted by atomic mass is 10.2. The molecule has 4 rings (SSSR count). The number of aryl methyl sites for hydroxylation is 1.